The summed E-state index contributed by atoms with van der Waals surface area (Å²) in [5.41, 5.74) is -1.15. The largest absolute Gasteiger partial charge is 0.481 e. The Morgan fingerprint density at radius 3 is 2.28 bits per heavy atom. The molecule has 4 amide bonds. The molecule has 0 bridgehead atoms. The molecule has 1 aromatic carbocycles. The number of amides is 4. The number of hydrogen-bond donors (Lipinski definition) is 4. The zero-order valence-electron chi connectivity index (χ0n) is 14.3. The van der Waals surface area contributed by atoms with Crippen molar-refractivity contribution >= 4 is 23.8 Å². The number of carboxylic acid groups (broad SMARTS) is 1. The zero-order valence-corrected chi connectivity index (χ0v) is 14.3. The van der Waals surface area contributed by atoms with Gasteiger partial charge in [0.2, 0.25) is 0 Å². The summed E-state index contributed by atoms with van der Waals surface area (Å²) in [5, 5.41) is 16.4. The van der Waals surface area contributed by atoms with Crippen LogP contribution in [0.2, 0.25) is 0 Å². The molecular weight excluding hydrogens is 326 g/mol. The van der Waals surface area contributed by atoms with Gasteiger partial charge < -0.3 is 15.7 Å². The molecule has 2 rings (SSSR count). The van der Waals surface area contributed by atoms with Crippen molar-refractivity contribution in [3.63, 3.8) is 0 Å². The zero-order chi connectivity index (χ0) is 18.8. The van der Waals surface area contributed by atoms with E-state index in [1.54, 1.807) is 45.0 Å². The fourth-order valence-corrected chi connectivity index (χ4v) is 2.40. The third kappa shape index (κ3) is 3.78. The summed E-state index contributed by atoms with van der Waals surface area (Å²) in [6.45, 7) is 5.00. The molecule has 1 atom stereocenters. The van der Waals surface area contributed by atoms with E-state index in [1.165, 1.54) is 0 Å². The Hall–Kier alpha value is -2.90. The van der Waals surface area contributed by atoms with E-state index < -0.39 is 28.9 Å². The van der Waals surface area contributed by atoms with E-state index in [0.717, 1.165) is 0 Å². The van der Waals surface area contributed by atoms with Crippen LogP contribution in [0.5, 0.6) is 0 Å². The van der Waals surface area contributed by atoms with Crippen LogP contribution in [0.4, 0.5) is 4.79 Å². The molecular formula is C17H21N3O5. The van der Waals surface area contributed by atoms with Gasteiger partial charge in [-0.3, -0.25) is 19.7 Å². The van der Waals surface area contributed by atoms with Crippen LogP contribution in [0.1, 0.15) is 43.1 Å². The standard InChI is InChI=1S/C17H21N3O5/c1-16(2,14(23)24)8-9-18-12(21)10-4-6-11(7-5-10)17(3)13(22)19-15(25)20-17/h4-7H,8-9H2,1-3H3,(H,18,21)(H,23,24)(H2,19,20,22,25). The van der Waals surface area contributed by atoms with Gasteiger partial charge in [0.1, 0.15) is 5.54 Å². The number of carboxylic acids is 1. The highest BCUT2D eigenvalue weighted by atomic mass is 16.4. The van der Waals surface area contributed by atoms with E-state index in [0.29, 0.717) is 17.5 Å². The van der Waals surface area contributed by atoms with Gasteiger partial charge in [0.25, 0.3) is 11.8 Å². The molecule has 1 aromatic rings. The smallest absolute Gasteiger partial charge is 0.322 e. The molecule has 8 nitrogen and oxygen atoms in total. The summed E-state index contributed by atoms with van der Waals surface area (Å²) in [7, 11) is 0. The van der Waals surface area contributed by atoms with Crippen LogP contribution in [0.3, 0.4) is 0 Å². The molecule has 1 heterocycles. The van der Waals surface area contributed by atoms with Gasteiger partial charge in [0, 0.05) is 12.1 Å². The van der Waals surface area contributed by atoms with Gasteiger partial charge >= 0.3 is 12.0 Å². The molecule has 0 spiro atoms. The van der Waals surface area contributed by atoms with Crippen molar-refractivity contribution in [2.75, 3.05) is 6.54 Å². The molecule has 25 heavy (non-hydrogen) atoms. The Morgan fingerprint density at radius 1 is 1.20 bits per heavy atom. The van der Waals surface area contributed by atoms with Crippen molar-refractivity contribution in [1.29, 1.82) is 0 Å². The molecule has 4 N–H and O–H groups in total. The van der Waals surface area contributed by atoms with Crippen LogP contribution in [-0.4, -0.2) is 35.5 Å². The van der Waals surface area contributed by atoms with Gasteiger partial charge in [0.15, 0.2) is 0 Å². The lowest BCUT2D eigenvalue weighted by atomic mass is 9.89. The van der Waals surface area contributed by atoms with Gasteiger partial charge in [-0.1, -0.05) is 12.1 Å². The Kier molecular flexibility index (Phi) is 4.82. The van der Waals surface area contributed by atoms with E-state index >= 15 is 0 Å². The monoisotopic (exact) mass is 347 g/mol. The number of aliphatic carboxylic acids is 1. The summed E-state index contributed by atoms with van der Waals surface area (Å²) in [6, 6.07) is 5.74. The van der Waals surface area contributed by atoms with Gasteiger partial charge in [-0.2, -0.15) is 0 Å². The number of carbonyl (C=O) groups is 4. The van der Waals surface area contributed by atoms with Crippen LogP contribution in [0.25, 0.3) is 0 Å². The number of benzene rings is 1. The molecule has 1 aliphatic heterocycles. The van der Waals surface area contributed by atoms with E-state index in [-0.39, 0.29) is 12.5 Å². The van der Waals surface area contributed by atoms with Gasteiger partial charge in [-0.25, -0.2) is 4.79 Å². The number of imide groups is 1. The van der Waals surface area contributed by atoms with Crippen molar-refractivity contribution in [2.45, 2.75) is 32.7 Å². The normalized spacial score (nSPS) is 20.0. The van der Waals surface area contributed by atoms with Gasteiger partial charge in [0.05, 0.1) is 5.41 Å². The molecule has 0 radical (unpaired) electrons. The second-order valence-electron chi connectivity index (χ2n) is 6.81. The molecule has 0 aliphatic carbocycles. The quantitative estimate of drug-likeness (QED) is 0.571. The Balaban J connectivity index is 2.00. The number of nitrogens with one attached hydrogen (secondary N) is 3. The Bertz CT molecular complexity index is 726. The first-order valence-corrected chi connectivity index (χ1v) is 7.82. The van der Waals surface area contributed by atoms with E-state index in [4.69, 9.17) is 5.11 Å². The van der Waals surface area contributed by atoms with Crippen molar-refractivity contribution in [1.82, 2.24) is 16.0 Å². The summed E-state index contributed by atoms with van der Waals surface area (Å²) in [4.78, 5) is 46.4. The lowest BCUT2D eigenvalue weighted by Gasteiger charge is -2.21. The highest BCUT2D eigenvalue weighted by Crippen LogP contribution is 2.24. The molecule has 134 valence electrons. The predicted octanol–water partition coefficient (Wildman–Crippen LogP) is 0.972. The third-order valence-corrected chi connectivity index (χ3v) is 4.38. The average Bonchev–Trinajstić information content (AvgIpc) is 2.80. The highest BCUT2D eigenvalue weighted by molar-refractivity contribution is 6.07. The average molecular weight is 347 g/mol. The number of rotatable bonds is 6. The molecule has 1 fully saturated rings. The number of carbonyl (C=O) groups excluding carboxylic acids is 3. The third-order valence-electron chi connectivity index (χ3n) is 4.38. The van der Waals surface area contributed by atoms with Gasteiger partial charge in [-0.05, 0) is 44.9 Å². The lowest BCUT2D eigenvalue weighted by Crippen LogP contribution is -2.40. The van der Waals surface area contributed by atoms with Gasteiger partial charge in [-0.15, -0.1) is 0 Å². The molecule has 1 aliphatic rings. The Labute approximate surface area is 145 Å². The van der Waals surface area contributed by atoms with E-state index in [9.17, 15) is 19.2 Å². The van der Waals surface area contributed by atoms with Crippen LogP contribution in [0.15, 0.2) is 24.3 Å². The summed E-state index contributed by atoms with van der Waals surface area (Å²) in [5.74, 6) is -1.71. The molecule has 0 saturated carbocycles. The minimum Gasteiger partial charge on any atom is -0.481 e. The second kappa shape index (κ2) is 6.54. The Morgan fingerprint density at radius 2 is 1.80 bits per heavy atom. The molecule has 8 heteroatoms. The molecule has 1 saturated heterocycles. The van der Waals surface area contributed by atoms with Crippen LogP contribution in [-0.2, 0) is 15.1 Å². The first-order chi connectivity index (χ1) is 11.6. The minimum absolute atomic E-state index is 0.232. The molecule has 0 aromatic heterocycles. The SMILES string of the molecule is CC(C)(CCNC(=O)c1ccc(C2(C)NC(=O)NC2=O)cc1)C(=O)O. The predicted molar refractivity (Wildman–Crippen MR) is 88.8 cm³/mol. The fourth-order valence-electron chi connectivity index (χ4n) is 2.40. The number of hydrogen-bond acceptors (Lipinski definition) is 4. The highest BCUT2D eigenvalue weighted by Gasteiger charge is 2.43. The fraction of sp³-hybridized carbons (Fsp3) is 0.412. The van der Waals surface area contributed by atoms with Crippen molar-refractivity contribution < 1.29 is 24.3 Å². The summed E-state index contributed by atoms with van der Waals surface area (Å²) in [6.07, 6.45) is 0.302. The second-order valence-corrected chi connectivity index (χ2v) is 6.81. The topological polar surface area (TPSA) is 125 Å². The molecule has 1 unspecified atom stereocenters. The minimum atomic E-state index is -1.17. The van der Waals surface area contributed by atoms with Crippen LogP contribution < -0.4 is 16.0 Å². The van der Waals surface area contributed by atoms with E-state index in [2.05, 4.69) is 16.0 Å². The first kappa shape index (κ1) is 18.4. The van der Waals surface area contributed by atoms with E-state index in [1.807, 2.05) is 0 Å². The maximum Gasteiger partial charge on any atom is 0.322 e. The van der Waals surface area contributed by atoms with Crippen LogP contribution in [0, 0.1) is 5.41 Å². The number of urea groups is 1. The summed E-state index contributed by atoms with van der Waals surface area (Å²) >= 11 is 0. The first-order valence-electron chi connectivity index (χ1n) is 7.82. The van der Waals surface area contributed by atoms with Crippen molar-refractivity contribution in [3.8, 4) is 0 Å². The van der Waals surface area contributed by atoms with Crippen molar-refractivity contribution in [3.05, 3.63) is 35.4 Å². The summed E-state index contributed by atoms with van der Waals surface area (Å²) < 4.78 is 0. The van der Waals surface area contributed by atoms with Crippen LogP contribution >= 0.6 is 0 Å². The van der Waals surface area contributed by atoms with Crippen molar-refractivity contribution in [2.24, 2.45) is 5.41 Å². The maximum absolute atomic E-state index is 12.1. The maximum atomic E-state index is 12.1. The lowest BCUT2D eigenvalue weighted by molar-refractivity contribution is -0.147.